The predicted octanol–water partition coefficient (Wildman–Crippen LogP) is 1.29. The van der Waals surface area contributed by atoms with Crippen LogP contribution in [-0.4, -0.2) is 58.5 Å². The molecule has 0 spiro atoms. The summed E-state index contributed by atoms with van der Waals surface area (Å²) in [4.78, 5) is 40.0. The van der Waals surface area contributed by atoms with E-state index in [1.54, 1.807) is 4.90 Å². The van der Waals surface area contributed by atoms with Gasteiger partial charge < -0.3 is 26.8 Å². The van der Waals surface area contributed by atoms with E-state index in [1.807, 2.05) is 0 Å². The highest BCUT2D eigenvalue weighted by atomic mass is 16.3. The molecule has 0 aromatic heterocycles. The van der Waals surface area contributed by atoms with Gasteiger partial charge in [0.15, 0.2) is 6.10 Å². The van der Waals surface area contributed by atoms with E-state index in [2.05, 4.69) is 19.2 Å². The van der Waals surface area contributed by atoms with Crippen LogP contribution in [0.25, 0.3) is 0 Å². The minimum atomic E-state index is -1.43. The van der Waals surface area contributed by atoms with Crippen LogP contribution in [0.5, 0.6) is 0 Å². The summed E-state index contributed by atoms with van der Waals surface area (Å²) in [7, 11) is 0. The molecule has 1 heterocycles. The van der Waals surface area contributed by atoms with Crippen LogP contribution >= 0.6 is 0 Å². The summed E-state index contributed by atoms with van der Waals surface area (Å²) in [5.41, 5.74) is 11.8. The van der Waals surface area contributed by atoms with Crippen molar-refractivity contribution < 1.29 is 19.5 Å². The van der Waals surface area contributed by atoms with Crippen LogP contribution in [0.15, 0.2) is 0 Å². The van der Waals surface area contributed by atoms with E-state index in [-0.39, 0.29) is 23.7 Å². The molecule has 5 atom stereocenters. The second-order valence-electron chi connectivity index (χ2n) is 10.7. The van der Waals surface area contributed by atoms with Crippen molar-refractivity contribution in [1.29, 1.82) is 0 Å². The molecule has 3 amide bonds. The molecule has 8 nitrogen and oxygen atoms in total. The number of carbonyl (C=O) groups is 3. The zero-order valence-corrected chi connectivity index (χ0v) is 19.7. The minimum absolute atomic E-state index is 0.147. The molecule has 0 radical (unpaired) electrons. The van der Waals surface area contributed by atoms with E-state index in [0.29, 0.717) is 31.2 Å². The summed E-state index contributed by atoms with van der Waals surface area (Å²) in [6, 6.07) is -1.95. The van der Waals surface area contributed by atoms with E-state index >= 15 is 0 Å². The number of amides is 3. The lowest BCUT2D eigenvalue weighted by molar-refractivity contribution is -0.141. The number of primary amides is 1. The fraction of sp³-hybridized carbons (Fsp3) is 0.875. The molecule has 3 fully saturated rings. The fourth-order valence-corrected chi connectivity index (χ4v) is 5.56. The molecule has 8 heteroatoms. The van der Waals surface area contributed by atoms with Gasteiger partial charge in [0, 0.05) is 6.54 Å². The third-order valence-electron chi connectivity index (χ3n) is 8.12. The molecule has 182 valence electrons. The molecular formula is C24H42N4O4. The van der Waals surface area contributed by atoms with Crippen molar-refractivity contribution in [3.8, 4) is 0 Å². The van der Waals surface area contributed by atoms with Gasteiger partial charge in [-0.15, -0.1) is 0 Å². The number of rotatable bonds is 9. The van der Waals surface area contributed by atoms with Gasteiger partial charge in [0.2, 0.25) is 17.7 Å². The second-order valence-corrected chi connectivity index (χ2v) is 10.7. The number of hydrogen-bond acceptors (Lipinski definition) is 5. The zero-order valence-electron chi connectivity index (χ0n) is 19.7. The molecule has 32 heavy (non-hydrogen) atoms. The molecule has 1 saturated heterocycles. The summed E-state index contributed by atoms with van der Waals surface area (Å²) in [6.07, 6.45) is 8.12. The molecule has 3 rings (SSSR count). The Morgan fingerprint density at radius 2 is 1.69 bits per heavy atom. The van der Waals surface area contributed by atoms with Crippen molar-refractivity contribution in [2.45, 2.75) is 102 Å². The summed E-state index contributed by atoms with van der Waals surface area (Å²) in [6.45, 7) is 4.72. The molecule has 2 unspecified atom stereocenters. The highest BCUT2D eigenvalue weighted by Crippen LogP contribution is 2.34. The van der Waals surface area contributed by atoms with E-state index in [0.717, 1.165) is 44.9 Å². The maximum absolute atomic E-state index is 13.4. The summed E-state index contributed by atoms with van der Waals surface area (Å²) in [5, 5.41) is 13.2. The topological polar surface area (TPSA) is 139 Å². The molecule has 3 aliphatic rings. The van der Waals surface area contributed by atoms with Crippen molar-refractivity contribution in [1.82, 2.24) is 10.2 Å². The Labute approximate surface area is 191 Å². The lowest BCUT2D eigenvalue weighted by Crippen LogP contribution is -2.57. The molecule has 0 bridgehead atoms. The van der Waals surface area contributed by atoms with Crippen LogP contribution in [0.1, 0.15) is 78.1 Å². The maximum atomic E-state index is 13.4. The Morgan fingerprint density at radius 1 is 1.03 bits per heavy atom. The van der Waals surface area contributed by atoms with Gasteiger partial charge in [0.25, 0.3) is 0 Å². The largest absolute Gasteiger partial charge is 0.381 e. The normalized spacial score (nSPS) is 27.6. The molecule has 0 aromatic carbocycles. The van der Waals surface area contributed by atoms with Crippen LogP contribution in [0.3, 0.4) is 0 Å². The van der Waals surface area contributed by atoms with Gasteiger partial charge in [0.1, 0.15) is 6.04 Å². The number of likely N-dealkylation sites (tertiary alicyclic amines) is 1. The number of hydrogen-bond donors (Lipinski definition) is 4. The van der Waals surface area contributed by atoms with Crippen molar-refractivity contribution >= 4 is 17.7 Å². The number of carbonyl (C=O) groups excluding carboxylic acids is 3. The van der Waals surface area contributed by atoms with E-state index in [1.165, 1.54) is 6.42 Å². The first-order valence-corrected chi connectivity index (χ1v) is 12.5. The van der Waals surface area contributed by atoms with E-state index < -0.39 is 30.1 Å². The van der Waals surface area contributed by atoms with Gasteiger partial charge in [-0.2, -0.15) is 0 Å². The Morgan fingerprint density at radius 3 is 2.22 bits per heavy atom. The summed E-state index contributed by atoms with van der Waals surface area (Å²) >= 11 is 0. The first-order chi connectivity index (χ1) is 15.2. The molecular weight excluding hydrogens is 408 g/mol. The summed E-state index contributed by atoms with van der Waals surface area (Å²) in [5.74, 6) is -0.225. The van der Waals surface area contributed by atoms with Crippen LogP contribution in [0.2, 0.25) is 0 Å². The van der Waals surface area contributed by atoms with Gasteiger partial charge in [-0.3, -0.25) is 14.4 Å². The van der Waals surface area contributed by atoms with Crippen molar-refractivity contribution in [3.63, 3.8) is 0 Å². The molecule has 0 aromatic rings. The lowest BCUT2D eigenvalue weighted by Gasteiger charge is -2.34. The Hall–Kier alpha value is -1.67. The number of aliphatic hydroxyl groups is 1. The van der Waals surface area contributed by atoms with Crippen LogP contribution in [0.4, 0.5) is 0 Å². The monoisotopic (exact) mass is 450 g/mol. The summed E-state index contributed by atoms with van der Waals surface area (Å²) < 4.78 is 0. The Kier molecular flexibility index (Phi) is 8.55. The number of nitrogens with zero attached hydrogens (tertiary/aromatic N) is 1. The van der Waals surface area contributed by atoms with Gasteiger partial charge in [-0.1, -0.05) is 52.4 Å². The van der Waals surface area contributed by atoms with Crippen molar-refractivity contribution in [2.75, 3.05) is 6.54 Å². The van der Waals surface area contributed by atoms with Crippen LogP contribution in [0, 0.1) is 23.7 Å². The molecule has 2 aliphatic carbocycles. The van der Waals surface area contributed by atoms with Crippen molar-refractivity contribution in [2.24, 2.45) is 35.1 Å². The highest BCUT2D eigenvalue weighted by Gasteiger charge is 2.44. The third-order valence-corrected chi connectivity index (χ3v) is 8.12. The third kappa shape index (κ3) is 5.81. The standard InChI is InChI=1S/C24H42N4O4/c1-14(2)17-12-19(28(13-17)24(32)20(25)16-9-4-3-5-10-16)23(31)27-18(21(29)22(26)30)11-15-7-6-8-15/h14-21,29H,3-13,25H2,1-2H3,(H2,26,30)(H,27,31)/t17-,18?,19+,20+,21?/m1/s1. The fourth-order valence-electron chi connectivity index (χ4n) is 5.56. The molecule has 1 aliphatic heterocycles. The first-order valence-electron chi connectivity index (χ1n) is 12.5. The Balaban J connectivity index is 1.72. The zero-order chi connectivity index (χ0) is 23.4. The predicted molar refractivity (Wildman–Crippen MR) is 122 cm³/mol. The highest BCUT2D eigenvalue weighted by molar-refractivity contribution is 5.91. The average molecular weight is 451 g/mol. The van der Waals surface area contributed by atoms with Gasteiger partial charge in [0.05, 0.1) is 12.1 Å². The first kappa shape index (κ1) is 25.0. The Bertz CT molecular complexity index is 675. The SMILES string of the molecule is CC(C)[C@@H]1C[C@@H](C(=O)NC(CC2CCC2)C(O)C(N)=O)N(C(=O)[C@@H](N)C2CCCCC2)C1. The molecule has 2 saturated carbocycles. The number of nitrogens with two attached hydrogens (primary N) is 2. The molecule has 6 N–H and O–H groups in total. The van der Waals surface area contributed by atoms with Crippen LogP contribution in [-0.2, 0) is 14.4 Å². The minimum Gasteiger partial charge on any atom is -0.381 e. The average Bonchev–Trinajstić information content (AvgIpc) is 3.20. The van der Waals surface area contributed by atoms with Crippen LogP contribution < -0.4 is 16.8 Å². The smallest absolute Gasteiger partial charge is 0.248 e. The lowest BCUT2D eigenvalue weighted by atomic mass is 9.79. The van der Waals surface area contributed by atoms with Gasteiger partial charge >= 0.3 is 0 Å². The number of aliphatic hydroxyl groups excluding tert-OH is 1. The van der Waals surface area contributed by atoms with Gasteiger partial charge in [-0.05, 0) is 49.4 Å². The number of nitrogens with one attached hydrogen (secondary N) is 1. The van der Waals surface area contributed by atoms with E-state index in [4.69, 9.17) is 11.5 Å². The second kappa shape index (κ2) is 11.0. The van der Waals surface area contributed by atoms with E-state index in [9.17, 15) is 19.5 Å². The van der Waals surface area contributed by atoms with Crippen molar-refractivity contribution in [3.05, 3.63) is 0 Å². The van der Waals surface area contributed by atoms with Gasteiger partial charge in [-0.25, -0.2) is 0 Å². The maximum Gasteiger partial charge on any atom is 0.248 e. The quantitative estimate of drug-likeness (QED) is 0.419.